The van der Waals surface area contributed by atoms with E-state index in [1.165, 1.54) is 4.31 Å². The smallest absolute Gasteiger partial charge is 0.281 e. The molecular weight excluding hydrogens is 390 g/mol. The summed E-state index contributed by atoms with van der Waals surface area (Å²) in [5, 5.41) is 2.97. The minimum atomic E-state index is -3.49. The maximum absolute atomic E-state index is 13.0. The molecule has 29 heavy (non-hydrogen) atoms. The van der Waals surface area contributed by atoms with E-state index in [9.17, 15) is 13.2 Å². The monoisotopic (exact) mass is 423 g/mol. The second-order valence-electron chi connectivity index (χ2n) is 8.05. The topological polar surface area (TPSA) is 79.0 Å². The van der Waals surface area contributed by atoms with E-state index in [4.69, 9.17) is 4.74 Å². The summed E-state index contributed by atoms with van der Waals surface area (Å²) in [5.41, 5.74) is 0.922. The molecule has 1 aromatic carbocycles. The Kier molecular flexibility index (Phi) is 7.54. The molecule has 0 aromatic heterocycles. The molecule has 0 bridgehead atoms. The van der Waals surface area contributed by atoms with Crippen molar-refractivity contribution in [3.8, 4) is 5.75 Å². The van der Waals surface area contributed by atoms with Gasteiger partial charge in [0.25, 0.3) is 10.2 Å². The van der Waals surface area contributed by atoms with E-state index < -0.39 is 10.2 Å². The second kappa shape index (κ2) is 9.91. The minimum Gasteiger partial charge on any atom is -0.494 e. The van der Waals surface area contributed by atoms with Gasteiger partial charge in [-0.05, 0) is 44.6 Å². The maximum atomic E-state index is 13.0. The van der Waals surface area contributed by atoms with Gasteiger partial charge in [-0.1, -0.05) is 25.1 Å². The van der Waals surface area contributed by atoms with Crippen molar-refractivity contribution in [1.29, 1.82) is 0 Å². The Morgan fingerprint density at radius 2 is 1.86 bits per heavy atom. The molecule has 8 heteroatoms. The first-order valence-corrected chi connectivity index (χ1v) is 12.0. The molecule has 1 aromatic rings. The summed E-state index contributed by atoms with van der Waals surface area (Å²) in [6.07, 6.45) is 3.21. The van der Waals surface area contributed by atoms with Gasteiger partial charge >= 0.3 is 0 Å². The second-order valence-corrected chi connectivity index (χ2v) is 9.97. The Labute approximate surface area is 174 Å². The number of carbonyl (C=O) groups excluding carboxylic acids is 1. The number of rotatable bonds is 7. The van der Waals surface area contributed by atoms with Gasteiger partial charge in [-0.2, -0.15) is 17.0 Å². The summed E-state index contributed by atoms with van der Waals surface area (Å²) in [7, 11) is -3.49. The molecule has 2 saturated heterocycles. The van der Waals surface area contributed by atoms with Crippen LogP contribution in [0, 0.1) is 11.8 Å². The predicted octanol–water partition coefficient (Wildman–Crippen LogP) is 2.39. The molecule has 0 spiro atoms. The van der Waals surface area contributed by atoms with Crippen LogP contribution in [0.5, 0.6) is 5.75 Å². The van der Waals surface area contributed by atoms with E-state index in [1.807, 2.05) is 31.2 Å². The van der Waals surface area contributed by atoms with Crippen molar-refractivity contribution in [2.75, 3.05) is 32.8 Å². The van der Waals surface area contributed by atoms with Crippen molar-refractivity contribution in [3.63, 3.8) is 0 Å². The van der Waals surface area contributed by atoms with Crippen molar-refractivity contribution in [2.45, 2.75) is 46.1 Å². The number of para-hydroxylation sites is 1. The molecule has 2 aliphatic heterocycles. The average molecular weight is 424 g/mol. The highest BCUT2D eigenvalue weighted by molar-refractivity contribution is 7.86. The Morgan fingerprint density at radius 3 is 2.59 bits per heavy atom. The number of piperidine rings is 2. The van der Waals surface area contributed by atoms with Gasteiger partial charge in [0.05, 0.1) is 12.5 Å². The minimum absolute atomic E-state index is 0.0940. The summed E-state index contributed by atoms with van der Waals surface area (Å²) >= 11 is 0. The fourth-order valence-electron chi connectivity index (χ4n) is 4.02. The van der Waals surface area contributed by atoms with Crippen molar-refractivity contribution in [2.24, 2.45) is 11.8 Å². The molecule has 0 radical (unpaired) electrons. The summed E-state index contributed by atoms with van der Waals surface area (Å²) in [6.45, 7) is 6.93. The van der Waals surface area contributed by atoms with E-state index >= 15 is 0 Å². The number of hydrogen-bond donors (Lipinski definition) is 1. The molecular formula is C21H33N3O4S. The van der Waals surface area contributed by atoms with Crippen LogP contribution < -0.4 is 10.1 Å². The average Bonchev–Trinajstić information content (AvgIpc) is 2.73. The number of carbonyl (C=O) groups is 1. The highest BCUT2D eigenvalue weighted by Gasteiger charge is 2.36. The van der Waals surface area contributed by atoms with E-state index in [1.54, 1.807) is 4.31 Å². The normalized spacial score (nSPS) is 22.3. The third-order valence-corrected chi connectivity index (χ3v) is 7.88. The molecule has 2 aliphatic rings. The lowest BCUT2D eigenvalue weighted by molar-refractivity contribution is -0.126. The number of nitrogens with zero attached hydrogens (tertiary/aromatic N) is 2. The van der Waals surface area contributed by atoms with Gasteiger partial charge in [0.15, 0.2) is 0 Å². The quantitative estimate of drug-likeness (QED) is 0.730. The van der Waals surface area contributed by atoms with Crippen molar-refractivity contribution in [1.82, 2.24) is 13.9 Å². The summed E-state index contributed by atoms with van der Waals surface area (Å²) in [6, 6.07) is 7.64. The Hall–Kier alpha value is -1.64. The van der Waals surface area contributed by atoms with Crippen LogP contribution in [0.2, 0.25) is 0 Å². The third kappa shape index (κ3) is 5.49. The van der Waals surface area contributed by atoms with Gasteiger partial charge in [-0.15, -0.1) is 0 Å². The van der Waals surface area contributed by atoms with Crippen molar-refractivity contribution >= 4 is 16.1 Å². The zero-order valence-electron chi connectivity index (χ0n) is 17.5. The Balaban J connectivity index is 1.58. The van der Waals surface area contributed by atoms with Gasteiger partial charge in [-0.25, -0.2) is 0 Å². The standard InChI is InChI=1S/C21H33N3O4S/c1-3-28-20-9-5-4-7-18(20)15-22-21(25)19-8-6-12-24(16-19)29(26,27)23-13-10-17(2)11-14-23/h4-5,7,9,17,19H,3,6,8,10-16H2,1-2H3,(H,22,25). The summed E-state index contributed by atoms with van der Waals surface area (Å²) in [4.78, 5) is 12.7. The summed E-state index contributed by atoms with van der Waals surface area (Å²) in [5.74, 6) is 0.924. The summed E-state index contributed by atoms with van der Waals surface area (Å²) < 4.78 is 34.7. The van der Waals surface area contributed by atoms with Crippen LogP contribution in [0.25, 0.3) is 0 Å². The number of benzene rings is 1. The van der Waals surface area contributed by atoms with E-state index in [2.05, 4.69) is 12.2 Å². The number of hydrogen-bond acceptors (Lipinski definition) is 4. The first-order chi connectivity index (χ1) is 13.9. The lowest BCUT2D eigenvalue weighted by Gasteiger charge is -2.37. The van der Waals surface area contributed by atoms with E-state index in [0.717, 1.165) is 24.2 Å². The number of amides is 1. The van der Waals surface area contributed by atoms with Gasteiger partial charge < -0.3 is 10.1 Å². The van der Waals surface area contributed by atoms with Gasteiger partial charge in [0.1, 0.15) is 5.75 Å². The van der Waals surface area contributed by atoms with Gasteiger partial charge in [0.2, 0.25) is 5.91 Å². The SMILES string of the molecule is CCOc1ccccc1CNC(=O)C1CCCN(S(=O)(=O)N2CCC(C)CC2)C1. The Bertz CT molecular complexity index is 791. The zero-order chi connectivity index (χ0) is 20.9. The van der Waals surface area contributed by atoms with Crippen LogP contribution in [0.4, 0.5) is 0 Å². The number of ether oxygens (including phenoxy) is 1. The lowest BCUT2D eigenvalue weighted by atomic mass is 9.98. The Morgan fingerprint density at radius 1 is 1.14 bits per heavy atom. The van der Waals surface area contributed by atoms with Crippen molar-refractivity contribution < 1.29 is 17.9 Å². The molecule has 1 unspecified atom stereocenters. The molecule has 0 saturated carbocycles. The largest absolute Gasteiger partial charge is 0.494 e. The zero-order valence-corrected chi connectivity index (χ0v) is 18.3. The highest BCUT2D eigenvalue weighted by Crippen LogP contribution is 2.25. The van der Waals surface area contributed by atoms with E-state index in [-0.39, 0.29) is 18.4 Å². The highest BCUT2D eigenvalue weighted by atomic mass is 32.2. The third-order valence-electron chi connectivity index (χ3n) is 5.88. The molecule has 7 nitrogen and oxygen atoms in total. The first kappa shape index (κ1) is 22.1. The van der Waals surface area contributed by atoms with Crippen LogP contribution >= 0.6 is 0 Å². The van der Waals surface area contributed by atoms with Crippen LogP contribution in [0.1, 0.15) is 45.1 Å². The number of nitrogens with one attached hydrogen (secondary N) is 1. The molecule has 2 fully saturated rings. The van der Waals surface area contributed by atoms with Crippen LogP contribution in [0.15, 0.2) is 24.3 Å². The molecule has 2 heterocycles. The van der Waals surface area contributed by atoms with Crippen LogP contribution in [-0.4, -0.2) is 55.7 Å². The van der Waals surface area contributed by atoms with E-state index in [0.29, 0.717) is 51.5 Å². The van der Waals surface area contributed by atoms with Crippen LogP contribution in [0.3, 0.4) is 0 Å². The predicted molar refractivity (Wildman–Crippen MR) is 113 cm³/mol. The van der Waals surface area contributed by atoms with Crippen molar-refractivity contribution in [3.05, 3.63) is 29.8 Å². The molecule has 1 N–H and O–H groups in total. The first-order valence-electron chi connectivity index (χ1n) is 10.7. The molecule has 162 valence electrons. The molecule has 1 atom stereocenters. The van der Waals surface area contributed by atoms with Gasteiger partial charge in [-0.3, -0.25) is 4.79 Å². The lowest BCUT2D eigenvalue weighted by Crippen LogP contribution is -2.52. The molecule has 0 aliphatic carbocycles. The fourth-order valence-corrected chi connectivity index (χ4v) is 5.74. The fraction of sp³-hybridized carbons (Fsp3) is 0.667. The van der Waals surface area contributed by atoms with Gasteiger partial charge in [0, 0.05) is 38.3 Å². The maximum Gasteiger partial charge on any atom is 0.281 e. The molecule has 1 amide bonds. The molecule has 3 rings (SSSR count). The van der Waals surface area contributed by atoms with Crippen LogP contribution in [-0.2, 0) is 21.5 Å².